The highest BCUT2D eigenvalue weighted by atomic mass is 16.3. The number of benzene rings is 1. The Morgan fingerprint density at radius 2 is 2.12 bits per heavy atom. The Morgan fingerprint density at radius 1 is 1.31 bits per heavy atom. The Labute approximate surface area is 90.4 Å². The molecule has 0 saturated heterocycles. The molecule has 1 heterocycles. The second kappa shape index (κ2) is 4.39. The average Bonchev–Trinajstić information content (AvgIpc) is 2.33. The molecular formula is C11H8N2O3. The van der Waals surface area contributed by atoms with Gasteiger partial charge >= 0.3 is 0 Å². The second-order valence-electron chi connectivity index (χ2n) is 3.02. The summed E-state index contributed by atoms with van der Waals surface area (Å²) in [5, 5.41) is 4.01. The van der Waals surface area contributed by atoms with Crippen molar-refractivity contribution in [2.75, 3.05) is 0 Å². The number of nitrogens with zero attached hydrogens (tertiary/aromatic N) is 1. The average molecular weight is 216 g/mol. The second-order valence-corrected chi connectivity index (χ2v) is 3.02. The van der Waals surface area contributed by atoms with Gasteiger partial charge in [0, 0.05) is 0 Å². The molecule has 0 spiro atoms. The lowest BCUT2D eigenvalue weighted by molar-refractivity contribution is -0.109. The number of amides is 1. The number of carbonyl (C=O) groups excluding carboxylic acids is 1. The van der Waals surface area contributed by atoms with Crippen LogP contribution < -0.4 is 10.9 Å². The Balaban J connectivity index is 2.52. The standard InChI is InChI=1S/C11H8N2O3/c14-7-13-12-5-8-6-16-10-4-2-1-3-9(10)11(8)15/h1-7H,(H,13,14). The molecule has 5 nitrogen and oxygen atoms in total. The summed E-state index contributed by atoms with van der Waals surface area (Å²) in [6.07, 6.45) is 2.96. The summed E-state index contributed by atoms with van der Waals surface area (Å²) in [7, 11) is 0. The van der Waals surface area contributed by atoms with E-state index in [1.54, 1.807) is 24.3 Å². The molecule has 2 aromatic rings. The van der Waals surface area contributed by atoms with E-state index in [9.17, 15) is 9.59 Å². The lowest BCUT2D eigenvalue weighted by atomic mass is 10.2. The van der Waals surface area contributed by atoms with E-state index in [0.29, 0.717) is 17.4 Å². The molecule has 0 bridgehead atoms. The zero-order valence-corrected chi connectivity index (χ0v) is 8.21. The van der Waals surface area contributed by atoms with Gasteiger partial charge in [-0.1, -0.05) is 12.1 Å². The summed E-state index contributed by atoms with van der Waals surface area (Å²) < 4.78 is 5.25. The number of fused-ring (bicyclic) bond motifs is 1. The molecule has 1 aromatic heterocycles. The Morgan fingerprint density at radius 3 is 2.94 bits per heavy atom. The van der Waals surface area contributed by atoms with Crippen molar-refractivity contribution in [2.45, 2.75) is 0 Å². The van der Waals surface area contributed by atoms with Crippen molar-refractivity contribution in [1.82, 2.24) is 5.43 Å². The van der Waals surface area contributed by atoms with Gasteiger partial charge in [0.15, 0.2) is 0 Å². The van der Waals surface area contributed by atoms with Gasteiger partial charge < -0.3 is 4.42 Å². The highest BCUT2D eigenvalue weighted by Gasteiger charge is 2.03. The third kappa shape index (κ3) is 1.83. The van der Waals surface area contributed by atoms with Gasteiger partial charge in [-0.15, -0.1) is 0 Å². The fourth-order valence-electron chi connectivity index (χ4n) is 1.32. The van der Waals surface area contributed by atoms with Crippen LogP contribution in [-0.2, 0) is 4.79 Å². The van der Waals surface area contributed by atoms with Gasteiger partial charge in [0.1, 0.15) is 11.8 Å². The van der Waals surface area contributed by atoms with E-state index in [1.165, 1.54) is 12.5 Å². The van der Waals surface area contributed by atoms with Crippen molar-refractivity contribution >= 4 is 23.6 Å². The fraction of sp³-hybridized carbons (Fsp3) is 0. The minimum atomic E-state index is -0.182. The van der Waals surface area contributed by atoms with Gasteiger partial charge in [-0.2, -0.15) is 5.10 Å². The van der Waals surface area contributed by atoms with Crippen molar-refractivity contribution in [3.8, 4) is 0 Å². The Kier molecular flexibility index (Phi) is 2.77. The van der Waals surface area contributed by atoms with Crippen molar-refractivity contribution in [2.24, 2.45) is 5.10 Å². The summed E-state index contributed by atoms with van der Waals surface area (Å²) in [5.74, 6) is 0. The molecule has 5 heteroatoms. The van der Waals surface area contributed by atoms with Crippen LogP contribution in [0, 0.1) is 0 Å². The molecule has 1 aromatic carbocycles. The van der Waals surface area contributed by atoms with Gasteiger partial charge in [-0.05, 0) is 12.1 Å². The first-order valence-electron chi connectivity index (χ1n) is 4.55. The molecule has 16 heavy (non-hydrogen) atoms. The van der Waals surface area contributed by atoms with Crippen LogP contribution in [0.3, 0.4) is 0 Å². The van der Waals surface area contributed by atoms with Gasteiger partial charge in [0.25, 0.3) is 0 Å². The summed E-state index contributed by atoms with van der Waals surface area (Å²) in [4.78, 5) is 21.8. The predicted molar refractivity (Wildman–Crippen MR) is 59.3 cm³/mol. The van der Waals surface area contributed by atoms with E-state index in [1.807, 2.05) is 0 Å². The van der Waals surface area contributed by atoms with Gasteiger partial charge in [-0.3, -0.25) is 9.59 Å². The third-order valence-corrected chi connectivity index (χ3v) is 2.04. The SMILES string of the molecule is O=CNN=Cc1coc2ccccc2c1=O. The number of hydrogen-bond donors (Lipinski definition) is 1. The smallest absolute Gasteiger partial charge is 0.227 e. The van der Waals surface area contributed by atoms with E-state index in [0.717, 1.165) is 0 Å². The molecule has 0 aliphatic rings. The maximum atomic E-state index is 11.9. The minimum absolute atomic E-state index is 0.182. The van der Waals surface area contributed by atoms with Crippen LogP contribution >= 0.6 is 0 Å². The van der Waals surface area contributed by atoms with Crippen LogP contribution in [0.5, 0.6) is 0 Å². The molecule has 80 valence electrons. The Bertz CT molecular complexity index is 601. The molecule has 1 N–H and O–H groups in total. The molecule has 2 rings (SSSR count). The Hall–Kier alpha value is -2.43. The maximum absolute atomic E-state index is 11.9. The number of nitrogens with one attached hydrogen (secondary N) is 1. The lowest BCUT2D eigenvalue weighted by Crippen LogP contribution is -2.10. The molecule has 0 fully saturated rings. The molecule has 0 radical (unpaired) electrons. The lowest BCUT2D eigenvalue weighted by Gasteiger charge is -1.96. The van der Waals surface area contributed by atoms with Gasteiger partial charge in [0.2, 0.25) is 11.8 Å². The van der Waals surface area contributed by atoms with Crippen LogP contribution in [0.15, 0.2) is 44.8 Å². The predicted octanol–water partition coefficient (Wildman–Crippen LogP) is 0.873. The first-order valence-corrected chi connectivity index (χ1v) is 4.55. The molecule has 0 unspecified atom stereocenters. The van der Waals surface area contributed by atoms with Crippen molar-refractivity contribution < 1.29 is 9.21 Å². The van der Waals surface area contributed by atoms with E-state index in [-0.39, 0.29) is 11.0 Å². The zero-order chi connectivity index (χ0) is 11.4. The van der Waals surface area contributed by atoms with Crippen molar-refractivity contribution in [3.05, 3.63) is 46.3 Å². The first kappa shape index (κ1) is 10.1. The molecule has 0 atom stereocenters. The molecule has 0 aliphatic carbocycles. The number of hydrogen-bond acceptors (Lipinski definition) is 4. The normalized spacial score (nSPS) is 10.8. The minimum Gasteiger partial charge on any atom is -0.463 e. The summed E-state index contributed by atoms with van der Waals surface area (Å²) in [6.45, 7) is 0. The van der Waals surface area contributed by atoms with Crippen LogP contribution in [0.4, 0.5) is 0 Å². The molecular weight excluding hydrogens is 208 g/mol. The van der Waals surface area contributed by atoms with Gasteiger partial charge in [-0.25, -0.2) is 5.43 Å². The summed E-state index contributed by atoms with van der Waals surface area (Å²) >= 11 is 0. The van der Waals surface area contributed by atoms with E-state index >= 15 is 0 Å². The number of para-hydroxylation sites is 1. The fourth-order valence-corrected chi connectivity index (χ4v) is 1.32. The molecule has 0 saturated carbocycles. The quantitative estimate of drug-likeness (QED) is 0.470. The highest BCUT2D eigenvalue weighted by Crippen LogP contribution is 2.09. The number of rotatable bonds is 3. The summed E-state index contributed by atoms with van der Waals surface area (Å²) in [5.41, 5.74) is 2.70. The topological polar surface area (TPSA) is 71.7 Å². The largest absolute Gasteiger partial charge is 0.463 e. The van der Waals surface area contributed by atoms with Crippen LogP contribution in [0.2, 0.25) is 0 Å². The van der Waals surface area contributed by atoms with Crippen LogP contribution in [0.1, 0.15) is 5.56 Å². The molecule has 1 amide bonds. The van der Waals surface area contributed by atoms with Gasteiger partial charge in [0.05, 0.1) is 17.2 Å². The van der Waals surface area contributed by atoms with Crippen LogP contribution in [0.25, 0.3) is 11.0 Å². The number of carbonyl (C=O) groups is 1. The maximum Gasteiger partial charge on any atom is 0.227 e. The van der Waals surface area contributed by atoms with Crippen molar-refractivity contribution in [1.29, 1.82) is 0 Å². The highest BCUT2D eigenvalue weighted by molar-refractivity contribution is 5.86. The first-order chi connectivity index (χ1) is 7.83. The monoisotopic (exact) mass is 216 g/mol. The van der Waals surface area contributed by atoms with E-state index in [2.05, 4.69) is 10.5 Å². The zero-order valence-electron chi connectivity index (χ0n) is 8.21. The third-order valence-electron chi connectivity index (χ3n) is 2.04. The summed E-state index contributed by atoms with van der Waals surface area (Å²) in [6, 6.07) is 6.92. The van der Waals surface area contributed by atoms with E-state index < -0.39 is 0 Å². The van der Waals surface area contributed by atoms with Crippen molar-refractivity contribution in [3.63, 3.8) is 0 Å². The number of hydrazone groups is 1. The van der Waals surface area contributed by atoms with Crippen LogP contribution in [-0.4, -0.2) is 12.6 Å². The van der Waals surface area contributed by atoms with E-state index in [4.69, 9.17) is 4.42 Å². The molecule has 0 aliphatic heterocycles.